The molecule has 6 heavy (non-hydrogen) atoms. The molecule has 0 spiro atoms. The Morgan fingerprint density at radius 3 is 1.67 bits per heavy atom. The van der Waals surface area contributed by atoms with E-state index in [4.69, 9.17) is 0 Å². The van der Waals surface area contributed by atoms with Gasteiger partial charge in [0.15, 0.2) is 0 Å². The number of aromatic amines is 1. The van der Waals surface area contributed by atoms with E-state index in [2.05, 4.69) is 4.98 Å². The maximum absolute atomic E-state index is 2.86. The minimum atomic E-state index is 0. The summed E-state index contributed by atoms with van der Waals surface area (Å²) in [6.45, 7) is 0. The van der Waals surface area contributed by atoms with Gasteiger partial charge in [-0.3, -0.25) is 0 Å². The van der Waals surface area contributed by atoms with E-state index in [1.54, 1.807) is 0 Å². The van der Waals surface area contributed by atoms with E-state index in [-0.39, 0.29) is 16.5 Å². The van der Waals surface area contributed by atoms with Gasteiger partial charge in [-0.2, -0.15) is 0 Å². The predicted molar refractivity (Wildman–Crippen MR) is 20.8 cm³/mol. The maximum Gasteiger partial charge on any atom is 0.000496 e. The van der Waals surface area contributed by atoms with Crippen LogP contribution >= 0.6 is 0 Å². The van der Waals surface area contributed by atoms with E-state index in [0.717, 1.165) is 0 Å². The number of rotatable bonds is 0. The molecule has 0 saturated carbocycles. The summed E-state index contributed by atoms with van der Waals surface area (Å²) in [6, 6.07) is 3.89. The van der Waals surface area contributed by atoms with E-state index < -0.39 is 0 Å². The smallest absolute Gasteiger partial charge is 0.000496 e. The topological polar surface area (TPSA) is 15.8 Å². The molecule has 1 aromatic rings. The van der Waals surface area contributed by atoms with E-state index in [9.17, 15) is 0 Å². The van der Waals surface area contributed by atoms with Crippen LogP contribution in [0.1, 0.15) is 0 Å². The molecule has 0 saturated heterocycles. The van der Waals surface area contributed by atoms with Crippen molar-refractivity contribution in [3.05, 3.63) is 24.5 Å². The van der Waals surface area contributed by atoms with Gasteiger partial charge >= 0.3 is 0 Å². The first-order valence-corrected chi connectivity index (χ1v) is 1.58. The van der Waals surface area contributed by atoms with Crippen LogP contribution in [0.4, 0.5) is 0 Å². The Hall–Kier alpha value is -0.226. The zero-order chi connectivity index (χ0) is 3.54. The second-order valence-electron chi connectivity index (χ2n) is 0.885. The number of hydrogen-bond donors (Lipinski definition) is 1. The fraction of sp³-hybridized carbons (Fsp3) is 0. The van der Waals surface area contributed by atoms with Crippen molar-refractivity contribution < 1.29 is 16.5 Å². The fourth-order valence-corrected chi connectivity index (χ4v) is 0.278. The van der Waals surface area contributed by atoms with Crippen molar-refractivity contribution in [2.75, 3.05) is 0 Å². The van der Waals surface area contributed by atoms with Crippen molar-refractivity contribution in [2.24, 2.45) is 0 Å². The van der Waals surface area contributed by atoms with Crippen molar-refractivity contribution in [2.45, 2.75) is 0 Å². The summed E-state index contributed by atoms with van der Waals surface area (Å²) >= 11 is 0. The molecule has 0 atom stereocenters. The molecule has 1 N–H and O–H groups in total. The number of H-pyrrole nitrogens is 1. The summed E-state index contributed by atoms with van der Waals surface area (Å²) in [4.78, 5) is 2.86. The minimum Gasteiger partial charge on any atom is -0.368 e. The first-order chi connectivity index (χ1) is 2.50. The van der Waals surface area contributed by atoms with Crippen LogP contribution in [-0.2, 0) is 16.5 Å². The largest absolute Gasteiger partial charge is 0.368 e. The summed E-state index contributed by atoms with van der Waals surface area (Å²) in [6.07, 6.45) is 3.75. The Labute approximate surface area is 46.7 Å². The van der Waals surface area contributed by atoms with Gasteiger partial charge in [-0.15, -0.1) is 0 Å². The zero-order valence-electron chi connectivity index (χ0n) is 3.13. The third kappa shape index (κ3) is 1.27. The van der Waals surface area contributed by atoms with Crippen molar-refractivity contribution in [1.82, 2.24) is 4.98 Å². The van der Waals surface area contributed by atoms with E-state index in [1.807, 2.05) is 24.5 Å². The predicted octanol–water partition coefficient (Wildman–Crippen LogP) is 1.01. The average molecular weight is 126 g/mol. The fourth-order valence-electron chi connectivity index (χ4n) is 0.278. The summed E-state index contributed by atoms with van der Waals surface area (Å²) in [5, 5.41) is 0. The van der Waals surface area contributed by atoms with Crippen LogP contribution in [0.5, 0.6) is 0 Å². The molecule has 0 aliphatic rings. The van der Waals surface area contributed by atoms with Gasteiger partial charge < -0.3 is 4.98 Å². The quantitative estimate of drug-likeness (QED) is 0.499. The Bertz CT molecular complexity index is 64.0. The Morgan fingerprint density at radius 2 is 1.50 bits per heavy atom. The molecule has 1 aromatic heterocycles. The Balaban J connectivity index is 0.000000250. The van der Waals surface area contributed by atoms with E-state index in [1.165, 1.54) is 0 Å². The van der Waals surface area contributed by atoms with Gasteiger partial charge in [-0.05, 0) is 12.1 Å². The van der Waals surface area contributed by atoms with Crippen LogP contribution in [0.25, 0.3) is 0 Å². The van der Waals surface area contributed by atoms with Crippen LogP contribution in [0.3, 0.4) is 0 Å². The maximum atomic E-state index is 2.86. The molecule has 2 heteroatoms. The van der Waals surface area contributed by atoms with Crippen LogP contribution < -0.4 is 0 Å². The van der Waals surface area contributed by atoms with Crippen LogP contribution in [0.15, 0.2) is 24.5 Å². The van der Waals surface area contributed by atoms with Crippen molar-refractivity contribution in [3.8, 4) is 0 Å². The molecular weight excluding hydrogens is 121 g/mol. The molecule has 0 radical (unpaired) electrons. The standard InChI is InChI=1S/C4H5N.Ni/c1-2-4-5-3-1;/h1-5H;. The van der Waals surface area contributed by atoms with Gasteiger partial charge in [-0.1, -0.05) is 0 Å². The minimum absolute atomic E-state index is 0. The first-order valence-electron chi connectivity index (χ1n) is 1.58. The van der Waals surface area contributed by atoms with Crippen molar-refractivity contribution >= 4 is 0 Å². The average Bonchev–Trinajstić information content (AvgIpc) is 1.76. The molecule has 0 fully saturated rings. The molecule has 0 bridgehead atoms. The van der Waals surface area contributed by atoms with Crippen LogP contribution in [-0.4, -0.2) is 4.98 Å². The number of nitrogens with one attached hydrogen (secondary N) is 1. The van der Waals surface area contributed by atoms with Gasteiger partial charge in [0.1, 0.15) is 0 Å². The zero-order valence-corrected chi connectivity index (χ0v) is 4.11. The van der Waals surface area contributed by atoms with Crippen LogP contribution in [0.2, 0.25) is 0 Å². The summed E-state index contributed by atoms with van der Waals surface area (Å²) in [5.41, 5.74) is 0. The SMILES string of the molecule is [Ni].c1cc[nH]c1. The summed E-state index contributed by atoms with van der Waals surface area (Å²) in [7, 11) is 0. The third-order valence-electron chi connectivity index (χ3n) is 0.496. The van der Waals surface area contributed by atoms with Crippen molar-refractivity contribution in [3.63, 3.8) is 0 Å². The molecule has 1 nitrogen and oxygen atoms in total. The molecule has 0 aliphatic heterocycles. The number of hydrogen-bond acceptors (Lipinski definition) is 0. The molecule has 36 valence electrons. The molecule has 0 aliphatic carbocycles. The normalized spacial score (nSPS) is 6.67. The summed E-state index contributed by atoms with van der Waals surface area (Å²) < 4.78 is 0. The monoisotopic (exact) mass is 125 g/mol. The van der Waals surface area contributed by atoms with Gasteiger partial charge in [-0.25, -0.2) is 0 Å². The third-order valence-corrected chi connectivity index (χ3v) is 0.496. The molecule has 1 heterocycles. The Kier molecular flexibility index (Phi) is 2.87. The first kappa shape index (κ1) is 5.77. The molecular formula is C4H5NNi. The Morgan fingerprint density at radius 1 is 1.00 bits per heavy atom. The van der Waals surface area contributed by atoms with Gasteiger partial charge in [0, 0.05) is 28.9 Å². The van der Waals surface area contributed by atoms with E-state index >= 15 is 0 Å². The van der Waals surface area contributed by atoms with Gasteiger partial charge in [0.05, 0.1) is 0 Å². The molecule has 0 aromatic carbocycles. The molecule has 0 unspecified atom stereocenters. The molecule has 0 amide bonds. The second kappa shape index (κ2) is 2.98. The second-order valence-corrected chi connectivity index (χ2v) is 0.885. The summed E-state index contributed by atoms with van der Waals surface area (Å²) in [5.74, 6) is 0. The van der Waals surface area contributed by atoms with Crippen LogP contribution in [0, 0.1) is 0 Å². The number of aromatic nitrogens is 1. The molecule has 1 rings (SSSR count). The van der Waals surface area contributed by atoms with Gasteiger partial charge in [0.25, 0.3) is 0 Å². The van der Waals surface area contributed by atoms with E-state index in [0.29, 0.717) is 0 Å². The van der Waals surface area contributed by atoms with Gasteiger partial charge in [0.2, 0.25) is 0 Å². The van der Waals surface area contributed by atoms with Crippen molar-refractivity contribution in [1.29, 1.82) is 0 Å².